The van der Waals surface area contributed by atoms with Gasteiger partial charge in [0.05, 0.1) is 66.1 Å². The lowest BCUT2D eigenvalue weighted by Crippen LogP contribution is -2.27. The van der Waals surface area contributed by atoms with Crippen molar-refractivity contribution >= 4 is 46.9 Å². The highest BCUT2D eigenvalue weighted by Gasteiger charge is 2.32. The first-order valence-electron chi connectivity index (χ1n) is 15.8. The van der Waals surface area contributed by atoms with Gasteiger partial charge in [0.25, 0.3) is 0 Å². The normalized spacial score (nSPS) is 19.7. The molecule has 0 aromatic carbocycles. The zero-order valence-corrected chi connectivity index (χ0v) is 35.1. The molecule has 0 heterocycles. The molecule has 37 heteroatoms. The van der Waals surface area contributed by atoms with E-state index in [4.69, 9.17) is 63.9 Å². The van der Waals surface area contributed by atoms with E-state index in [9.17, 15) is 55.9 Å². The summed E-state index contributed by atoms with van der Waals surface area (Å²) in [5.41, 5.74) is 18.8. The van der Waals surface area contributed by atoms with Gasteiger partial charge >= 0.3 is 46.9 Å². The van der Waals surface area contributed by atoms with Crippen LogP contribution >= 0.6 is 46.9 Å². The quantitative estimate of drug-likeness (QED) is 0.0253. The van der Waals surface area contributed by atoms with E-state index in [0.29, 0.717) is 0 Å². The number of hydrogen-bond acceptors (Lipinski definition) is 21. The molecule has 0 aliphatic rings. The molecule has 29 nitrogen and oxygen atoms in total. The number of hydrogen-bond donors (Lipinski definition) is 13. The van der Waals surface area contributed by atoms with Gasteiger partial charge in [-0.3, -0.25) is 45.2 Å². The Morgan fingerprint density at radius 3 is 0.702 bits per heavy atom. The number of rotatable bonds is 37. The maximum absolute atomic E-state index is 12.8. The number of nitrogens with two attached hydrogens (primary N) is 3. The molecule has 0 aromatic rings. The first-order chi connectivity index (χ1) is 26.2. The molecule has 0 spiro atoms. The molecule has 0 aromatic heterocycles. The Bertz CT molecular complexity index is 1320. The molecule has 0 saturated heterocycles. The van der Waals surface area contributed by atoms with Crippen LogP contribution in [0.2, 0.25) is 0 Å². The summed E-state index contributed by atoms with van der Waals surface area (Å²) in [6, 6.07) is 0. The van der Waals surface area contributed by atoms with Crippen LogP contribution in [0.25, 0.3) is 0 Å². The summed E-state index contributed by atoms with van der Waals surface area (Å²) in [5, 5.41) is 0. The Hall–Kier alpha value is 0.320. The predicted molar refractivity (Wildman–Crippen MR) is 186 cm³/mol. The summed E-state index contributed by atoms with van der Waals surface area (Å²) >= 11 is 0. The predicted octanol–water partition coefficient (Wildman–Crippen LogP) is -1.36. The molecule has 0 fully saturated rings. The van der Waals surface area contributed by atoms with E-state index >= 15 is 0 Å². The Kier molecular flexibility index (Phi) is 28.3. The fourth-order valence-electron chi connectivity index (χ4n) is 3.25. The van der Waals surface area contributed by atoms with Crippen molar-refractivity contribution in [1.29, 1.82) is 0 Å². The maximum Gasteiger partial charge on any atom is 0.472 e. The first kappa shape index (κ1) is 57.3. The summed E-state index contributed by atoms with van der Waals surface area (Å²) in [6.45, 7) is -9.59. The lowest BCUT2D eigenvalue weighted by Gasteiger charge is -2.23. The van der Waals surface area contributed by atoms with Crippen molar-refractivity contribution < 1.29 is 121 Å². The lowest BCUT2D eigenvalue weighted by atomic mass is 10.2. The Labute approximate surface area is 324 Å². The fourth-order valence-corrected chi connectivity index (χ4v) is 7.56. The van der Waals surface area contributed by atoms with Crippen molar-refractivity contribution in [2.24, 2.45) is 46.8 Å². The summed E-state index contributed by atoms with van der Waals surface area (Å²) in [4.78, 5) is 74.8. The third kappa shape index (κ3) is 31.8. The third-order valence-corrected chi connectivity index (χ3v) is 11.2. The van der Waals surface area contributed by atoms with Gasteiger partial charge in [-0.15, -0.1) is 8.96 Å². The van der Waals surface area contributed by atoms with Crippen LogP contribution in [0.15, 0.2) is 0 Å². The van der Waals surface area contributed by atoms with Crippen molar-refractivity contribution in [2.45, 2.75) is 0 Å². The van der Waals surface area contributed by atoms with Gasteiger partial charge in [-0.1, -0.05) is 0 Å². The standard InChI is InChI=1S/C20H51F2N5O24P6/c21-26-4-19(12-48-54(34,35)44-8-16(1-23)6-42-52(28,29)30)14-50-56(38,39)46-10-18(3-25)11-47-57(40,41)51-15-20(5-27-22)13-49-55(36,37)45-9-17(2-24)7-43-53(31,32)33/h16-20,26-27H,1-15,23-25H2,(H,34,35)(H,36,37)(H,38,39)(H,40,41)(H2,28,29,30)(H2,31,32,33). The highest BCUT2D eigenvalue weighted by atomic mass is 31.2. The van der Waals surface area contributed by atoms with Crippen LogP contribution in [0.4, 0.5) is 8.96 Å². The van der Waals surface area contributed by atoms with Crippen LogP contribution in [-0.4, -0.2) is 138 Å². The van der Waals surface area contributed by atoms with Gasteiger partial charge in [0.2, 0.25) is 0 Å². The second kappa shape index (κ2) is 28.1. The monoisotopic (exact) mass is 969 g/mol. The highest BCUT2D eigenvalue weighted by Crippen LogP contribution is 2.48. The zero-order chi connectivity index (χ0) is 44.0. The van der Waals surface area contributed by atoms with Crippen LogP contribution in [-0.2, 0) is 72.6 Å². The van der Waals surface area contributed by atoms with Crippen molar-refractivity contribution in [1.82, 2.24) is 11.1 Å². The molecule has 0 bridgehead atoms. The van der Waals surface area contributed by atoms with Crippen LogP contribution in [0.5, 0.6) is 0 Å². The molecule has 0 saturated carbocycles. The van der Waals surface area contributed by atoms with Gasteiger partial charge in [0.1, 0.15) is 0 Å². The first-order valence-corrected chi connectivity index (χ1v) is 24.9. The van der Waals surface area contributed by atoms with Gasteiger partial charge < -0.3 is 56.3 Å². The molecule has 0 rings (SSSR count). The van der Waals surface area contributed by atoms with E-state index in [2.05, 4.69) is 18.1 Å². The smallest absolute Gasteiger partial charge is 0.330 e. The molecule has 8 unspecified atom stereocenters. The summed E-state index contributed by atoms with van der Waals surface area (Å²) < 4.78 is 143. The lowest BCUT2D eigenvalue weighted by molar-refractivity contribution is 0.0643. The molecule has 8 atom stereocenters. The Morgan fingerprint density at radius 1 is 0.368 bits per heavy atom. The van der Waals surface area contributed by atoms with E-state index in [-0.39, 0.29) is 19.6 Å². The number of phosphoric acid groups is 6. The topological polar surface area (TPSA) is 459 Å². The Morgan fingerprint density at radius 2 is 0.544 bits per heavy atom. The third-order valence-electron chi connectivity index (χ3n) is 6.48. The summed E-state index contributed by atoms with van der Waals surface area (Å²) in [5.74, 6) is -5.46. The summed E-state index contributed by atoms with van der Waals surface area (Å²) in [6.07, 6.45) is 0. The van der Waals surface area contributed by atoms with Crippen molar-refractivity contribution in [2.75, 3.05) is 98.8 Å². The molecule has 344 valence electrons. The second-order valence-electron chi connectivity index (χ2n) is 11.5. The average molecular weight is 969 g/mol. The van der Waals surface area contributed by atoms with Crippen LogP contribution in [0.3, 0.4) is 0 Å². The minimum absolute atomic E-state index is 0.282. The minimum Gasteiger partial charge on any atom is -0.330 e. The second-order valence-corrected chi connectivity index (χ2v) is 19.8. The molecular weight excluding hydrogens is 918 g/mol. The fraction of sp³-hybridized carbons (Fsp3) is 1.00. The minimum atomic E-state index is -4.98. The largest absolute Gasteiger partial charge is 0.472 e. The van der Waals surface area contributed by atoms with E-state index in [1.165, 1.54) is 11.1 Å². The molecule has 0 amide bonds. The maximum atomic E-state index is 12.8. The van der Waals surface area contributed by atoms with Crippen molar-refractivity contribution in [3.8, 4) is 0 Å². The number of phosphoric ester groups is 6. The van der Waals surface area contributed by atoms with Crippen LogP contribution < -0.4 is 28.3 Å². The highest BCUT2D eigenvalue weighted by molar-refractivity contribution is 7.48. The molecular formula is C20H51F2N5O24P6. The molecule has 16 N–H and O–H groups in total. The molecule has 0 aliphatic carbocycles. The van der Waals surface area contributed by atoms with Gasteiger partial charge in [-0.2, -0.15) is 11.1 Å². The molecule has 0 radical (unpaired) electrons. The SMILES string of the molecule is NCC(COP(=O)(O)O)COP(=O)(O)OCC(CNF)COP(=O)(O)OCC(CN)COP(=O)(O)OCC(CNF)COP(=O)(O)OCC(CN)COP(=O)(O)O. The molecule has 57 heavy (non-hydrogen) atoms. The van der Waals surface area contributed by atoms with Crippen molar-refractivity contribution in [3.05, 3.63) is 0 Å². The number of nitrogens with one attached hydrogen (secondary N) is 2. The van der Waals surface area contributed by atoms with Gasteiger partial charge in [0.15, 0.2) is 0 Å². The van der Waals surface area contributed by atoms with Gasteiger partial charge in [0, 0.05) is 42.7 Å². The van der Waals surface area contributed by atoms with E-state index in [1.54, 1.807) is 0 Å². The van der Waals surface area contributed by atoms with Crippen LogP contribution in [0, 0.1) is 29.6 Å². The molecule has 0 aliphatic heterocycles. The average Bonchev–Trinajstić information content (AvgIpc) is 3.10. The zero-order valence-electron chi connectivity index (χ0n) is 29.8. The number of halogens is 2. The van der Waals surface area contributed by atoms with Crippen LogP contribution in [0.1, 0.15) is 0 Å². The Balaban J connectivity index is 4.93. The van der Waals surface area contributed by atoms with Gasteiger partial charge in [-0.25, -0.2) is 27.4 Å². The van der Waals surface area contributed by atoms with E-state index < -0.39 is 156 Å². The van der Waals surface area contributed by atoms with E-state index in [1.807, 2.05) is 0 Å². The van der Waals surface area contributed by atoms with E-state index in [0.717, 1.165) is 0 Å². The summed E-state index contributed by atoms with van der Waals surface area (Å²) in [7, 11) is -29.5. The van der Waals surface area contributed by atoms with Gasteiger partial charge in [-0.05, 0) is 19.6 Å². The van der Waals surface area contributed by atoms with Crippen molar-refractivity contribution in [3.63, 3.8) is 0 Å².